The molecule has 140 valence electrons. The molecule has 1 amide bonds. The molecule has 1 aromatic heterocycles. The van der Waals surface area contributed by atoms with E-state index < -0.39 is 0 Å². The molecule has 2 rings (SSSR count). The monoisotopic (exact) mass is 395 g/mol. The average molecular weight is 396 g/mol. The van der Waals surface area contributed by atoms with Crippen molar-refractivity contribution in [3.63, 3.8) is 0 Å². The molecule has 0 saturated heterocycles. The molecule has 0 aliphatic rings. The van der Waals surface area contributed by atoms with Gasteiger partial charge in [-0.1, -0.05) is 29.3 Å². The van der Waals surface area contributed by atoms with Crippen molar-refractivity contribution in [1.82, 2.24) is 20.2 Å². The van der Waals surface area contributed by atoms with Crippen LogP contribution >= 0.6 is 23.2 Å². The summed E-state index contributed by atoms with van der Waals surface area (Å²) < 4.78 is 0. The number of amides is 1. The van der Waals surface area contributed by atoms with Crippen molar-refractivity contribution in [3.8, 4) is 0 Å². The van der Waals surface area contributed by atoms with Crippen LogP contribution in [0.1, 0.15) is 22.5 Å². The van der Waals surface area contributed by atoms with Crippen LogP contribution in [0, 0.1) is 0 Å². The topological polar surface area (TPSA) is 70.2 Å². The van der Waals surface area contributed by atoms with Gasteiger partial charge in [0.15, 0.2) is 0 Å². The summed E-state index contributed by atoms with van der Waals surface area (Å²) in [4.78, 5) is 22.4. The van der Waals surface area contributed by atoms with E-state index in [1.54, 1.807) is 12.3 Å². The summed E-state index contributed by atoms with van der Waals surface area (Å²) in [5.41, 5.74) is 1.31. The predicted octanol–water partition coefficient (Wildman–Crippen LogP) is 3.12. The van der Waals surface area contributed by atoms with E-state index >= 15 is 0 Å². The molecule has 0 spiro atoms. The second kappa shape index (κ2) is 10.3. The Morgan fingerprint density at radius 1 is 1.15 bits per heavy atom. The van der Waals surface area contributed by atoms with Crippen LogP contribution < -0.4 is 10.6 Å². The Balaban J connectivity index is 1.77. The van der Waals surface area contributed by atoms with Crippen LogP contribution in [0.3, 0.4) is 0 Å². The smallest absolute Gasteiger partial charge is 0.271 e. The van der Waals surface area contributed by atoms with Gasteiger partial charge in [-0.15, -0.1) is 0 Å². The average Bonchev–Trinajstić information content (AvgIpc) is 2.61. The van der Waals surface area contributed by atoms with Crippen molar-refractivity contribution in [2.75, 3.05) is 39.0 Å². The van der Waals surface area contributed by atoms with E-state index in [1.165, 1.54) is 6.20 Å². The van der Waals surface area contributed by atoms with Crippen molar-refractivity contribution >= 4 is 34.9 Å². The summed E-state index contributed by atoms with van der Waals surface area (Å²) in [5.74, 6) is 0.398. The number of aromatic nitrogens is 2. The van der Waals surface area contributed by atoms with Gasteiger partial charge in [-0.2, -0.15) is 0 Å². The summed E-state index contributed by atoms with van der Waals surface area (Å²) >= 11 is 12.0. The van der Waals surface area contributed by atoms with Gasteiger partial charge in [0.1, 0.15) is 11.5 Å². The first-order chi connectivity index (χ1) is 12.5. The summed E-state index contributed by atoms with van der Waals surface area (Å²) in [5, 5.41) is 7.26. The summed E-state index contributed by atoms with van der Waals surface area (Å²) in [6.07, 6.45) is 4.64. The number of carbonyl (C=O) groups excluding carboxylic acids is 1. The molecule has 6 nitrogen and oxygen atoms in total. The highest BCUT2D eigenvalue weighted by atomic mass is 35.5. The van der Waals surface area contributed by atoms with Gasteiger partial charge in [0.25, 0.3) is 5.91 Å². The molecule has 0 radical (unpaired) electrons. The van der Waals surface area contributed by atoms with Crippen LogP contribution in [-0.2, 0) is 6.42 Å². The molecule has 1 heterocycles. The molecule has 0 bridgehead atoms. The van der Waals surface area contributed by atoms with E-state index in [4.69, 9.17) is 23.2 Å². The maximum absolute atomic E-state index is 12.0. The molecule has 0 aliphatic heterocycles. The number of carbonyl (C=O) groups is 1. The highest BCUT2D eigenvalue weighted by molar-refractivity contribution is 6.35. The number of nitrogens with one attached hydrogen (secondary N) is 2. The highest BCUT2D eigenvalue weighted by Gasteiger charge is 2.07. The van der Waals surface area contributed by atoms with Gasteiger partial charge in [-0.25, -0.2) is 9.97 Å². The lowest BCUT2D eigenvalue weighted by molar-refractivity contribution is 0.0947. The first kappa shape index (κ1) is 20.4. The Morgan fingerprint density at radius 2 is 1.96 bits per heavy atom. The minimum absolute atomic E-state index is 0.212. The van der Waals surface area contributed by atoms with Crippen LogP contribution in [0.4, 0.5) is 5.82 Å². The number of rotatable bonds is 9. The van der Waals surface area contributed by atoms with Crippen molar-refractivity contribution in [3.05, 3.63) is 51.9 Å². The molecule has 1 aromatic carbocycles. The molecule has 0 atom stereocenters. The van der Waals surface area contributed by atoms with Gasteiger partial charge >= 0.3 is 0 Å². The van der Waals surface area contributed by atoms with Crippen LogP contribution in [0.25, 0.3) is 0 Å². The number of hydrogen-bond donors (Lipinski definition) is 2. The van der Waals surface area contributed by atoms with E-state index in [2.05, 4.69) is 25.5 Å². The number of halogens is 2. The van der Waals surface area contributed by atoms with Crippen molar-refractivity contribution in [2.24, 2.45) is 0 Å². The van der Waals surface area contributed by atoms with Crippen molar-refractivity contribution in [1.29, 1.82) is 0 Å². The fourth-order valence-electron chi connectivity index (χ4n) is 2.27. The third kappa shape index (κ3) is 6.78. The second-order valence-electron chi connectivity index (χ2n) is 6.11. The molecule has 0 unspecified atom stereocenters. The molecule has 0 fully saturated rings. The lowest BCUT2D eigenvalue weighted by atomic mass is 10.1. The fraction of sp³-hybridized carbons (Fsp3) is 0.389. The minimum atomic E-state index is -0.212. The third-order valence-corrected chi connectivity index (χ3v) is 4.25. The molecule has 2 N–H and O–H groups in total. The Hall–Kier alpha value is -1.89. The van der Waals surface area contributed by atoms with E-state index in [0.29, 0.717) is 34.6 Å². The lowest BCUT2D eigenvalue weighted by Gasteiger charge is -2.10. The Labute approximate surface area is 163 Å². The second-order valence-corrected chi connectivity index (χ2v) is 6.96. The van der Waals surface area contributed by atoms with E-state index in [9.17, 15) is 4.79 Å². The fourth-order valence-corrected chi connectivity index (χ4v) is 2.78. The highest BCUT2D eigenvalue weighted by Crippen LogP contribution is 2.21. The molecule has 0 saturated carbocycles. The lowest BCUT2D eigenvalue weighted by Crippen LogP contribution is -2.27. The first-order valence-electron chi connectivity index (χ1n) is 8.38. The standard InChI is InChI=1S/C18H23Cl2N5O/c1-25(2)9-3-7-22-18(26)16-11-24-17(12-23-16)21-8-6-13-4-5-14(19)10-15(13)20/h4-5,10-12H,3,6-9H2,1-2H3,(H,21,24)(H,22,26). The number of anilines is 1. The van der Waals surface area contributed by atoms with E-state index in [1.807, 2.05) is 26.2 Å². The van der Waals surface area contributed by atoms with Crippen LogP contribution in [0.2, 0.25) is 10.0 Å². The van der Waals surface area contributed by atoms with Gasteiger partial charge in [-0.3, -0.25) is 4.79 Å². The summed E-state index contributed by atoms with van der Waals surface area (Å²) in [6, 6.07) is 5.44. The maximum atomic E-state index is 12.0. The zero-order valence-electron chi connectivity index (χ0n) is 14.9. The van der Waals surface area contributed by atoms with Gasteiger partial charge in [0.05, 0.1) is 12.4 Å². The number of benzene rings is 1. The first-order valence-corrected chi connectivity index (χ1v) is 9.14. The Morgan fingerprint density at radius 3 is 2.62 bits per heavy atom. The molecule has 2 aromatic rings. The van der Waals surface area contributed by atoms with Crippen LogP contribution in [0.15, 0.2) is 30.6 Å². The van der Waals surface area contributed by atoms with Gasteiger partial charge in [0.2, 0.25) is 0 Å². The zero-order valence-corrected chi connectivity index (χ0v) is 16.4. The van der Waals surface area contributed by atoms with Gasteiger partial charge in [-0.05, 0) is 51.2 Å². The minimum Gasteiger partial charge on any atom is -0.368 e. The molecular formula is C18H23Cl2N5O. The maximum Gasteiger partial charge on any atom is 0.271 e. The molecule has 0 aliphatic carbocycles. The number of nitrogens with zero attached hydrogens (tertiary/aromatic N) is 3. The summed E-state index contributed by atoms with van der Waals surface area (Å²) in [6.45, 7) is 2.18. The third-order valence-electron chi connectivity index (χ3n) is 3.67. The number of hydrogen-bond acceptors (Lipinski definition) is 5. The van der Waals surface area contributed by atoms with Crippen LogP contribution in [0.5, 0.6) is 0 Å². The van der Waals surface area contributed by atoms with Gasteiger partial charge in [0, 0.05) is 23.1 Å². The van der Waals surface area contributed by atoms with Gasteiger partial charge < -0.3 is 15.5 Å². The van der Waals surface area contributed by atoms with Crippen molar-refractivity contribution in [2.45, 2.75) is 12.8 Å². The Kier molecular flexibility index (Phi) is 8.09. The zero-order chi connectivity index (χ0) is 18.9. The molecular weight excluding hydrogens is 373 g/mol. The molecule has 8 heteroatoms. The largest absolute Gasteiger partial charge is 0.368 e. The quantitative estimate of drug-likeness (QED) is 0.638. The molecule has 26 heavy (non-hydrogen) atoms. The Bertz CT molecular complexity index is 722. The van der Waals surface area contributed by atoms with Crippen LogP contribution in [-0.4, -0.2) is 54.5 Å². The van der Waals surface area contributed by atoms with E-state index in [0.717, 1.165) is 24.9 Å². The normalized spacial score (nSPS) is 10.8. The SMILES string of the molecule is CN(C)CCCNC(=O)c1cnc(NCCc2ccc(Cl)cc2Cl)cn1. The summed E-state index contributed by atoms with van der Waals surface area (Å²) in [7, 11) is 4.00. The van der Waals surface area contributed by atoms with E-state index in [-0.39, 0.29) is 5.91 Å². The van der Waals surface area contributed by atoms with Crippen molar-refractivity contribution < 1.29 is 4.79 Å². The predicted molar refractivity (Wildman–Crippen MR) is 106 cm³/mol.